The molecule has 0 bridgehead atoms. The molecular formula is C15H24O3. The molecule has 0 aromatic carbocycles. The second kappa shape index (κ2) is 5.59. The predicted molar refractivity (Wildman–Crippen MR) is 71.8 cm³/mol. The van der Waals surface area contributed by atoms with Crippen LogP contribution in [0.15, 0.2) is 24.5 Å². The average Bonchev–Trinajstić information content (AvgIpc) is 2.22. The molecule has 18 heavy (non-hydrogen) atoms. The van der Waals surface area contributed by atoms with E-state index >= 15 is 0 Å². The van der Waals surface area contributed by atoms with Crippen molar-refractivity contribution < 1.29 is 14.3 Å². The van der Waals surface area contributed by atoms with Crippen molar-refractivity contribution in [2.45, 2.75) is 59.2 Å². The highest BCUT2D eigenvalue weighted by atomic mass is 16.7. The van der Waals surface area contributed by atoms with Crippen LogP contribution < -0.4 is 0 Å². The van der Waals surface area contributed by atoms with Crippen molar-refractivity contribution in [3.05, 3.63) is 24.5 Å². The van der Waals surface area contributed by atoms with Crippen molar-refractivity contribution in [1.29, 1.82) is 0 Å². The largest absolute Gasteiger partial charge is 0.456 e. The van der Waals surface area contributed by atoms with E-state index in [1.807, 2.05) is 33.8 Å². The Bertz CT molecular complexity index is 349. The Morgan fingerprint density at radius 3 is 2.56 bits per heavy atom. The first kappa shape index (κ1) is 14.8. The minimum Gasteiger partial charge on any atom is -0.456 e. The van der Waals surface area contributed by atoms with Crippen LogP contribution in [-0.4, -0.2) is 11.8 Å². The summed E-state index contributed by atoms with van der Waals surface area (Å²) in [7, 11) is 0. The molecule has 1 aliphatic rings. The molecule has 1 rings (SSSR count). The summed E-state index contributed by atoms with van der Waals surface area (Å²) >= 11 is 0. The molecule has 0 aliphatic carbocycles. The van der Waals surface area contributed by atoms with Gasteiger partial charge in [-0.2, -0.15) is 0 Å². The van der Waals surface area contributed by atoms with E-state index in [1.54, 1.807) is 0 Å². The quantitative estimate of drug-likeness (QED) is 0.422. The van der Waals surface area contributed by atoms with Crippen molar-refractivity contribution in [2.24, 2.45) is 5.41 Å². The zero-order valence-electron chi connectivity index (χ0n) is 11.9. The third-order valence-electron chi connectivity index (χ3n) is 3.34. The molecule has 0 spiro atoms. The number of rotatable bonds is 5. The maximum atomic E-state index is 11.6. The molecule has 0 aromatic heterocycles. The van der Waals surface area contributed by atoms with Crippen molar-refractivity contribution in [3.8, 4) is 0 Å². The number of hydrogen-bond donors (Lipinski definition) is 0. The maximum Gasteiger partial charge on any atom is 0.337 e. The summed E-state index contributed by atoms with van der Waals surface area (Å²) in [6, 6.07) is 0. The number of allylic oxidation sites excluding steroid dienone is 2. The van der Waals surface area contributed by atoms with Gasteiger partial charge in [0.05, 0.1) is 6.08 Å². The van der Waals surface area contributed by atoms with Crippen LogP contribution in [0.3, 0.4) is 0 Å². The van der Waals surface area contributed by atoms with E-state index in [1.165, 1.54) is 6.08 Å². The molecule has 3 nitrogen and oxygen atoms in total. The number of ether oxygens (including phenoxy) is 2. The molecule has 0 radical (unpaired) electrons. The minimum absolute atomic E-state index is 0.261. The summed E-state index contributed by atoms with van der Waals surface area (Å²) in [5, 5.41) is 0. The molecule has 0 saturated heterocycles. The number of carbonyl (C=O) groups excluding carboxylic acids is 1. The SMILES string of the molecule is C=CCCCCC1=CC(=O)OC(C)(C(C)(C)C)O1. The fourth-order valence-electron chi connectivity index (χ4n) is 1.67. The van der Waals surface area contributed by atoms with E-state index in [9.17, 15) is 4.79 Å². The van der Waals surface area contributed by atoms with Gasteiger partial charge in [0.25, 0.3) is 5.79 Å². The summed E-state index contributed by atoms with van der Waals surface area (Å²) in [5.74, 6) is -0.461. The molecule has 0 fully saturated rings. The smallest absolute Gasteiger partial charge is 0.337 e. The zero-order chi connectivity index (χ0) is 13.8. The molecule has 1 atom stereocenters. The average molecular weight is 252 g/mol. The van der Waals surface area contributed by atoms with Gasteiger partial charge in [-0.15, -0.1) is 6.58 Å². The topological polar surface area (TPSA) is 35.5 Å². The molecule has 1 heterocycles. The minimum atomic E-state index is -0.882. The van der Waals surface area contributed by atoms with E-state index in [2.05, 4.69) is 6.58 Å². The summed E-state index contributed by atoms with van der Waals surface area (Å²) in [6.45, 7) is 11.5. The molecule has 0 N–H and O–H groups in total. The van der Waals surface area contributed by atoms with Crippen LogP contribution in [0.2, 0.25) is 0 Å². The first-order valence-electron chi connectivity index (χ1n) is 6.52. The second-order valence-corrected chi connectivity index (χ2v) is 5.86. The zero-order valence-corrected chi connectivity index (χ0v) is 11.9. The Kier molecular flexibility index (Phi) is 4.60. The molecule has 0 amide bonds. The lowest BCUT2D eigenvalue weighted by molar-refractivity contribution is -0.254. The number of cyclic esters (lactones) is 1. The van der Waals surface area contributed by atoms with Crippen molar-refractivity contribution in [1.82, 2.24) is 0 Å². The van der Waals surface area contributed by atoms with E-state index in [0.29, 0.717) is 0 Å². The summed E-state index contributed by atoms with van der Waals surface area (Å²) in [6.07, 6.45) is 7.19. The summed E-state index contributed by atoms with van der Waals surface area (Å²) < 4.78 is 11.2. The molecule has 1 aliphatic heterocycles. The lowest BCUT2D eigenvalue weighted by Crippen LogP contribution is -2.48. The fraction of sp³-hybridized carbons (Fsp3) is 0.667. The van der Waals surface area contributed by atoms with Crippen LogP contribution in [-0.2, 0) is 14.3 Å². The number of hydrogen-bond acceptors (Lipinski definition) is 3. The van der Waals surface area contributed by atoms with Gasteiger partial charge in [-0.05, 0) is 19.3 Å². The standard InChI is InChI=1S/C15H24O3/c1-6-7-8-9-10-12-11-13(16)18-15(5,17-12)14(2,3)4/h6,11H,1,7-10H2,2-5H3. The van der Waals surface area contributed by atoms with Crippen LogP contribution in [0.1, 0.15) is 53.4 Å². The first-order chi connectivity index (χ1) is 8.28. The van der Waals surface area contributed by atoms with Crippen LogP contribution in [0, 0.1) is 5.41 Å². The Hall–Kier alpha value is -1.25. The van der Waals surface area contributed by atoms with Crippen molar-refractivity contribution >= 4 is 5.97 Å². The highest BCUT2D eigenvalue weighted by Gasteiger charge is 2.46. The number of unbranched alkanes of at least 4 members (excludes halogenated alkanes) is 2. The first-order valence-corrected chi connectivity index (χ1v) is 6.52. The van der Waals surface area contributed by atoms with Gasteiger partial charge in [0.1, 0.15) is 5.76 Å². The third kappa shape index (κ3) is 3.62. The van der Waals surface area contributed by atoms with Gasteiger partial charge in [-0.1, -0.05) is 26.8 Å². The Balaban J connectivity index is 2.65. The van der Waals surface area contributed by atoms with Crippen LogP contribution in [0.25, 0.3) is 0 Å². The number of esters is 1. The second-order valence-electron chi connectivity index (χ2n) is 5.86. The van der Waals surface area contributed by atoms with E-state index in [-0.39, 0.29) is 11.4 Å². The van der Waals surface area contributed by atoms with E-state index in [0.717, 1.165) is 31.4 Å². The molecule has 3 heteroatoms. The maximum absolute atomic E-state index is 11.6. The molecular weight excluding hydrogens is 228 g/mol. The summed E-state index contributed by atoms with van der Waals surface area (Å²) in [4.78, 5) is 11.6. The Morgan fingerprint density at radius 2 is 2.00 bits per heavy atom. The van der Waals surface area contributed by atoms with Crippen LogP contribution >= 0.6 is 0 Å². The van der Waals surface area contributed by atoms with Crippen molar-refractivity contribution in [2.75, 3.05) is 0 Å². The fourth-order valence-corrected chi connectivity index (χ4v) is 1.67. The van der Waals surface area contributed by atoms with Gasteiger partial charge in [0.2, 0.25) is 0 Å². The Morgan fingerprint density at radius 1 is 1.33 bits per heavy atom. The molecule has 102 valence electrons. The van der Waals surface area contributed by atoms with Crippen molar-refractivity contribution in [3.63, 3.8) is 0 Å². The third-order valence-corrected chi connectivity index (χ3v) is 3.34. The normalized spacial score (nSPS) is 24.0. The van der Waals surface area contributed by atoms with E-state index < -0.39 is 5.79 Å². The molecule has 0 saturated carbocycles. The van der Waals surface area contributed by atoms with Gasteiger partial charge in [-0.25, -0.2) is 4.79 Å². The lowest BCUT2D eigenvalue weighted by atomic mass is 9.86. The number of carbonyl (C=O) groups is 1. The van der Waals surface area contributed by atoms with Gasteiger partial charge >= 0.3 is 5.97 Å². The lowest BCUT2D eigenvalue weighted by Gasteiger charge is -2.43. The van der Waals surface area contributed by atoms with Gasteiger partial charge < -0.3 is 9.47 Å². The summed E-state index contributed by atoms with van der Waals surface area (Å²) in [5.41, 5.74) is -0.261. The monoisotopic (exact) mass is 252 g/mol. The Labute approximate surface area is 110 Å². The van der Waals surface area contributed by atoms with Crippen LogP contribution in [0.5, 0.6) is 0 Å². The highest BCUT2D eigenvalue weighted by molar-refractivity contribution is 5.83. The predicted octanol–water partition coefficient (Wildman–Crippen LogP) is 3.95. The van der Waals surface area contributed by atoms with Gasteiger partial charge in [0.15, 0.2) is 0 Å². The van der Waals surface area contributed by atoms with Gasteiger partial charge in [-0.3, -0.25) is 0 Å². The van der Waals surface area contributed by atoms with Crippen LogP contribution in [0.4, 0.5) is 0 Å². The molecule has 0 aromatic rings. The van der Waals surface area contributed by atoms with E-state index in [4.69, 9.17) is 9.47 Å². The molecule has 1 unspecified atom stereocenters. The van der Waals surface area contributed by atoms with Gasteiger partial charge in [0, 0.05) is 18.8 Å². The highest BCUT2D eigenvalue weighted by Crippen LogP contribution is 2.39.